The van der Waals surface area contributed by atoms with Crippen LogP contribution in [0.2, 0.25) is 0 Å². The van der Waals surface area contributed by atoms with Gasteiger partial charge in [-0.25, -0.2) is 0 Å². The summed E-state index contributed by atoms with van der Waals surface area (Å²) in [6.45, 7) is 6.02. The molecule has 128 valence electrons. The summed E-state index contributed by atoms with van der Waals surface area (Å²) in [5, 5.41) is 7.22. The number of aryl methyl sites for hydroxylation is 1. The summed E-state index contributed by atoms with van der Waals surface area (Å²) in [5.41, 5.74) is 6.35. The average molecular weight is 347 g/mol. The van der Waals surface area contributed by atoms with Crippen LogP contribution in [0.5, 0.6) is 0 Å². The van der Waals surface area contributed by atoms with Gasteiger partial charge in [0.25, 0.3) is 0 Å². The standard InChI is InChI=1S/C25H17NO/c1-3-15-13-23-21(10-14(15)2)19-9-8-18-20-11-16-6-4-5-7-17(16)12-22(20)26-24(18)25(19)27-23/h3-13,26H,1H2,2H3. The largest absolute Gasteiger partial charge is 0.454 e. The first kappa shape index (κ1) is 14.6. The van der Waals surface area contributed by atoms with Gasteiger partial charge in [0.2, 0.25) is 0 Å². The van der Waals surface area contributed by atoms with E-state index in [2.05, 4.69) is 79.2 Å². The van der Waals surface area contributed by atoms with Crippen molar-refractivity contribution in [2.75, 3.05) is 0 Å². The van der Waals surface area contributed by atoms with E-state index in [0.29, 0.717) is 0 Å². The second-order valence-electron chi connectivity index (χ2n) is 7.25. The van der Waals surface area contributed by atoms with Gasteiger partial charge in [-0.3, -0.25) is 0 Å². The zero-order valence-electron chi connectivity index (χ0n) is 15.0. The molecule has 4 aromatic carbocycles. The van der Waals surface area contributed by atoms with E-state index in [1.807, 2.05) is 6.08 Å². The van der Waals surface area contributed by atoms with Crippen molar-refractivity contribution in [2.45, 2.75) is 6.92 Å². The molecule has 0 spiro atoms. The Hall–Kier alpha value is -3.52. The lowest BCUT2D eigenvalue weighted by molar-refractivity contribution is 0.671. The number of benzene rings is 4. The van der Waals surface area contributed by atoms with E-state index in [-0.39, 0.29) is 0 Å². The maximum Gasteiger partial charge on any atom is 0.159 e. The number of H-pyrrole nitrogens is 1. The third kappa shape index (κ3) is 1.90. The Kier molecular flexibility index (Phi) is 2.72. The molecule has 0 bridgehead atoms. The fraction of sp³-hybridized carbons (Fsp3) is 0.0400. The molecule has 0 fully saturated rings. The van der Waals surface area contributed by atoms with Gasteiger partial charge >= 0.3 is 0 Å². The van der Waals surface area contributed by atoms with Crippen LogP contribution < -0.4 is 0 Å². The Labute approximate surface area is 155 Å². The molecule has 0 saturated carbocycles. The van der Waals surface area contributed by atoms with Crippen molar-refractivity contribution in [1.82, 2.24) is 4.98 Å². The van der Waals surface area contributed by atoms with Gasteiger partial charge < -0.3 is 9.40 Å². The first-order valence-corrected chi connectivity index (χ1v) is 9.15. The molecule has 0 amide bonds. The molecule has 0 radical (unpaired) electrons. The fourth-order valence-electron chi connectivity index (χ4n) is 4.28. The van der Waals surface area contributed by atoms with Crippen molar-refractivity contribution in [3.63, 3.8) is 0 Å². The molecule has 27 heavy (non-hydrogen) atoms. The Bertz CT molecular complexity index is 1550. The molecule has 2 nitrogen and oxygen atoms in total. The van der Waals surface area contributed by atoms with Gasteiger partial charge in [0.15, 0.2) is 5.58 Å². The zero-order chi connectivity index (χ0) is 18.1. The lowest BCUT2D eigenvalue weighted by Crippen LogP contribution is -1.79. The summed E-state index contributed by atoms with van der Waals surface area (Å²) >= 11 is 0. The van der Waals surface area contributed by atoms with Crippen LogP contribution in [0.1, 0.15) is 11.1 Å². The maximum atomic E-state index is 6.31. The van der Waals surface area contributed by atoms with Gasteiger partial charge in [-0.2, -0.15) is 0 Å². The number of rotatable bonds is 1. The molecule has 6 rings (SSSR count). The van der Waals surface area contributed by atoms with Crippen LogP contribution in [0.3, 0.4) is 0 Å². The summed E-state index contributed by atoms with van der Waals surface area (Å²) in [4.78, 5) is 3.60. The van der Waals surface area contributed by atoms with Crippen LogP contribution in [0, 0.1) is 6.92 Å². The van der Waals surface area contributed by atoms with Gasteiger partial charge in [0.05, 0.1) is 5.52 Å². The second-order valence-corrected chi connectivity index (χ2v) is 7.25. The normalized spacial score (nSPS) is 12.0. The number of furan rings is 1. The van der Waals surface area contributed by atoms with Crippen LogP contribution in [-0.4, -0.2) is 4.98 Å². The zero-order valence-corrected chi connectivity index (χ0v) is 15.0. The molecule has 1 N–H and O–H groups in total. The summed E-state index contributed by atoms with van der Waals surface area (Å²) in [5.74, 6) is 0. The Morgan fingerprint density at radius 1 is 0.852 bits per heavy atom. The lowest BCUT2D eigenvalue weighted by atomic mass is 10.0. The van der Waals surface area contributed by atoms with Crippen LogP contribution >= 0.6 is 0 Å². The molecule has 2 aromatic heterocycles. The smallest absolute Gasteiger partial charge is 0.159 e. The van der Waals surface area contributed by atoms with E-state index in [1.54, 1.807) is 0 Å². The highest BCUT2D eigenvalue weighted by atomic mass is 16.3. The number of nitrogens with one attached hydrogen (secondary N) is 1. The molecule has 2 heterocycles. The minimum Gasteiger partial charge on any atom is -0.454 e. The predicted molar refractivity (Wildman–Crippen MR) is 115 cm³/mol. The summed E-state index contributed by atoms with van der Waals surface area (Å²) in [6, 6.07) is 21.6. The highest BCUT2D eigenvalue weighted by Crippen LogP contribution is 2.38. The molecule has 0 saturated heterocycles. The lowest BCUT2D eigenvalue weighted by Gasteiger charge is -1.99. The minimum absolute atomic E-state index is 0.904. The average Bonchev–Trinajstić information content (AvgIpc) is 3.23. The molecule has 2 heteroatoms. The van der Waals surface area contributed by atoms with E-state index in [9.17, 15) is 0 Å². The Morgan fingerprint density at radius 2 is 1.63 bits per heavy atom. The SMILES string of the molecule is C=Cc1cc2oc3c(ccc4c5cc6ccccc6cc5[nH]c43)c2cc1C. The van der Waals surface area contributed by atoms with E-state index in [4.69, 9.17) is 4.42 Å². The third-order valence-electron chi connectivity index (χ3n) is 5.68. The number of aromatic amines is 1. The first-order valence-electron chi connectivity index (χ1n) is 9.15. The summed E-state index contributed by atoms with van der Waals surface area (Å²) in [6.07, 6.45) is 1.88. The van der Waals surface area contributed by atoms with Gasteiger partial charge in [-0.05, 0) is 59.2 Å². The molecule has 6 aromatic rings. The van der Waals surface area contributed by atoms with Crippen molar-refractivity contribution < 1.29 is 4.42 Å². The highest BCUT2D eigenvalue weighted by Gasteiger charge is 2.15. The topological polar surface area (TPSA) is 28.9 Å². The fourth-order valence-corrected chi connectivity index (χ4v) is 4.28. The molecule has 0 unspecified atom stereocenters. The molecule has 0 aliphatic rings. The van der Waals surface area contributed by atoms with Crippen molar-refractivity contribution in [1.29, 1.82) is 0 Å². The van der Waals surface area contributed by atoms with Gasteiger partial charge in [0, 0.05) is 27.1 Å². The summed E-state index contributed by atoms with van der Waals surface area (Å²) in [7, 11) is 0. The van der Waals surface area contributed by atoms with Crippen LogP contribution in [0.4, 0.5) is 0 Å². The quantitative estimate of drug-likeness (QED) is 0.331. The predicted octanol–water partition coefficient (Wildman–Crippen LogP) is 7.33. The van der Waals surface area contributed by atoms with Crippen molar-refractivity contribution in [3.05, 3.63) is 78.4 Å². The van der Waals surface area contributed by atoms with Gasteiger partial charge in [-0.15, -0.1) is 0 Å². The molecule has 0 aliphatic heterocycles. The van der Waals surface area contributed by atoms with E-state index in [0.717, 1.165) is 38.5 Å². The van der Waals surface area contributed by atoms with Gasteiger partial charge in [-0.1, -0.05) is 43.0 Å². The monoisotopic (exact) mass is 347 g/mol. The molecule has 0 aliphatic carbocycles. The first-order chi connectivity index (χ1) is 13.2. The molecule has 0 atom stereocenters. The third-order valence-corrected chi connectivity index (χ3v) is 5.68. The van der Waals surface area contributed by atoms with E-state index >= 15 is 0 Å². The summed E-state index contributed by atoms with van der Waals surface area (Å²) < 4.78 is 6.31. The Morgan fingerprint density at radius 3 is 2.44 bits per heavy atom. The molecular weight excluding hydrogens is 330 g/mol. The Balaban J connectivity index is 1.78. The van der Waals surface area contributed by atoms with Crippen molar-refractivity contribution in [2.24, 2.45) is 0 Å². The van der Waals surface area contributed by atoms with Crippen LogP contribution in [0.15, 0.2) is 71.7 Å². The molecular formula is C25H17NO. The maximum absolute atomic E-state index is 6.31. The van der Waals surface area contributed by atoms with Crippen LogP contribution in [-0.2, 0) is 0 Å². The van der Waals surface area contributed by atoms with E-state index < -0.39 is 0 Å². The number of aromatic nitrogens is 1. The number of hydrogen-bond acceptors (Lipinski definition) is 1. The van der Waals surface area contributed by atoms with Crippen LogP contribution in [0.25, 0.3) is 60.6 Å². The number of fused-ring (bicyclic) bond motifs is 8. The number of hydrogen-bond donors (Lipinski definition) is 1. The van der Waals surface area contributed by atoms with Gasteiger partial charge in [0.1, 0.15) is 5.58 Å². The highest BCUT2D eigenvalue weighted by molar-refractivity contribution is 6.21. The van der Waals surface area contributed by atoms with Crippen molar-refractivity contribution in [3.8, 4) is 0 Å². The second kappa shape index (κ2) is 5.01. The van der Waals surface area contributed by atoms with E-state index in [1.165, 1.54) is 27.1 Å². The minimum atomic E-state index is 0.904. The van der Waals surface area contributed by atoms with Crippen molar-refractivity contribution >= 4 is 60.6 Å².